The zero-order chi connectivity index (χ0) is 24.3. The molecule has 0 aliphatic heterocycles. The number of aryl methyl sites for hydroxylation is 1. The molecular formula is C25H28N6O3. The topological polar surface area (TPSA) is 119 Å². The van der Waals surface area contributed by atoms with E-state index in [1.807, 2.05) is 48.5 Å². The summed E-state index contributed by atoms with van der Waals surface area (Å²) >= 11 is 0. The minimum absolute atomic E-state index is 0.237. The number of carbonyl (C=O) groups is 1. The number of imidazole rings is 1. The van der Waals surface area contributed by atoms with Crippen molar-refractivity contribution in [2.45, 2.75) is 45.6 Å². The number of aromatic nitrogens is 6. The maximum absolute atomic E-state index is 12.8. The Bertz CT molecular complexity index is 1270. The van der Waals surface area contributed by atoms with Crippen LogP contribution < -0.4 is 0 Å². The quantitative estimate of drug-likeness (QED) is 0.380. The van der Waals surface area contributed by atoms with Gasteiger partial charge in [0, 0.05) is 17.7 Å². The molecular weight excluding hydrogens is 432 g/mol. The minimum atomic E-state index is -1.31. The third kappa shape index (κ3) is 4.47. The Morgan fingerprint density at radius 2 is 1.82 bits per heavy atom. The molecule has 0 bridgehead atoms. The first kappa shape index (κ1) is 23.3. The second-order valence-electron chi connectivity index (χ2n) is 8.54. The molecule has 0 saturated heterocycles. The summed E-state index contributed by atoms with van der Waals surface area (Å²) in [6.07, 6.45) is 2.54. The molecule has 0 saturated carbocycles. The predicted molar refractivity (Wildman–Crippen MR) is 127 cm³/mol. The number of carbonyl (C=O) groups excluding carboxylic acids is 1. The van der Waals surface area contributed by atoms with E-state index >= 15 is 0 Å². The van der Waals surface area contributed by atoms with Crippen LogP contribution in [-0.2, 0) is 16.8 Å². The van der Waals surface area contributed by atoms with Crippen LogP contribution in [-0.4, -0.2) is 48.4 Å². The predicted octanol–water partition coefficient (Wildman–Crippen LogP) is 4.08. The Morgan fingerprint density at radius 3 is 2.41 bits per heavy atom. The number of benzene rings is 2. The largest absolute Gasteiger partial charge is 0.464 e. The van der Waals surface area contributed by atoms with E-state index in [0.29, 0.717) is 23.8 Å². The normalized spacial score (nSPS) is 11.6. The van der Waals surface area contributed by atoms with Gasteiger partial charge < -0.3 is 9.84 Å². The minimum Gasteiger partial charge on any atom is -0.464 e. The highest BCUT2D eigenvalue weighted by atomic mass is 16.5. The standard InChI is InChI=1S/C25H28N6O3/c1-5-6-11-20-26-22(25(2,3)33)21(24(32)34-4)31(20)17-14-12-16(13-15-17)18-9-7-8-10-19(18)23-27-29-30-28-23/h7-10,12-15,33H,5-6,11H2,1-4H3,(H,27,28,29,30). The van der Waals surface area contributed by atoms with Crippen molar-refractivity contribution in [3.63, 3.8) is 0 Å². The summed E-state index contributed by atoms with van der Waals surface area (Å²) in [6.45, 7) is 5.34. The maximum Gasteiger partial charge on any atom is 0.357 e. The lowest BCUT2D eigenvalue weighted by Crippen LogP contribution is -2.22. The van der Waals surface area contributed by atoms with Crippen molar-refractivity contribution < 1.29 is 14.6 Å². The number of nitrogens with one attached hydrogen (secondary N) is 1. The number of aromatic amines is 1. The van der Waals surface area contributed by atoms with Gasteiger partial charge in [0.15, 0.2) is 5.69 Å². The van der Waals surface area contributed by atoms with Crippen LogP contribution >= 0.6 is 0 Å². The van der Waals surface area contributed by atoms with Gasteiger partial charge in [0.25, 0.3) is 0 Å². The van der Waals surface area contributed by atoms with Gasteiger partial charge in [-0.25, -0.2) is 9.78 Å². The SMILES string of the molecule is CCCCc1nc(C(C)(C)O)c(C(=O)OC)n1-c1ccc(-c2ccccc2-c2nn[nH]n2)cc1. The molecule has 0 amide bonds. The molecule has 2 aromatic heterocycles. The van der Waals surface area contributed by atoms with Gasteiger partial charge in [-0.1, -0.05) is 49.7 Å². The van der Waals surface area contributed by atoms with Crippen LogP contribution in [0.15, 0.2) is 48.5 Å². The van der Waals surface area contributed by atoms with E-state index in [4.69, 9.17) is 4.74 Å². The molecule has 9 nitrogen and oxygen atoms in total. The Kier molecular flexibility index (Phi) is 6.56. The zero-order valence-corrected chi connectivity index (χ0v) is 19.7. The van der Waals surface area contributed by atoms with Crippen molar-refractivity contribution in [3.8, 4) is 28.2 Å². The van der Waals surface area contributed by atoms with Gasteiger partial charge in [-0.2, -0.15) is 5.21 Å². The van der Waals surface area contributed by atoms with E-state index < -0.39 is 11.6 Å². The van der Waals surface area contributed by atoms with Crippen molar-refractivity contribution >= 4 is 5.97 Å². The number of hydrogen-bond donors (Lipinski definition) is 2. The van der Waals surface area contributed by atoms with Gasteiger partial charge in [0.1, 0.15) is 17.1 Å². The van der Waals surface area contributed by atoms with Crippen LogP contribution in [0.4, 0.5) is 0 Å². The van der Waals surface area contributed by atoms with Crippen LogP contribution in [0.25, 0.3) is 28.2 Å². The fraction of sp³-hybridized carbons (Fsp3) is 0.320. The number of H-pyrrole nitrogens is 1. The van der Waals surface area contributed by atoms with Gasteiger partial charge in [0.05, 0.1) is 7.11 Å². The first-order valence-corrected chi connectivity index (χ1v) is 11.2. The summed E-state index contributed by atoms with van der Waals surface area (Å²) in [6, 6.07) is 15.6. The van der Waals surface area contributed by atoms with Crippen LogP contribution in [0.1, 0.15) is 55.6 Å². The molecule has 0 unspecified atom stereocenters. The van der Waals surface area contributed by atoms with E-state index in [0.717, 1.165) is 35.2 Å². The molecule has 4 rings (SSSR count). The summed E-state index contributed by atoms with van der Waals surface area (Å²) in [5.74, 6) is 0.678. The molecule has 176 valence electrons. The summed E-state index contributed by atoms with van der Waals surface area (Å²) in [7, 11) is 1.33. The number of aliphatic hydroxyl groups is 1. The number of ether oxygens (including phenoxy) is 1. The first-order chi connectivity index (χ1) is 16.3. The van der Waals surface area contributed by atoms with Crippen LogP contribution in [0.3, 0.4) is 0 Å². The number of tetrazole rings is 1. The number of esters is 1. The third-order valence-corrected chi connectivity index (χ3v) is 5.61. The maximum atomic E-state index is 12.8. The lowest BCUT2D eigenvalue weighted by atomic mass is 9.99. The lowest BCUT2D eigenvalue weighted by molar-refractivity contribution is 0.0535. The van der Waals surface area contributed by atoms with Crippen molar-refractivity contribution in [1.82, 2.24) is 30.2 Å². The van der Waals surface area contributed by atoms with Crippen LogP contribution in [0.5, 0.6) is 0 Å². The molecule has 0 spiro atoms. The summed E-state index contributed by atoms with van der Waals surface area (Å²) in [5, 5.41) is 25.1. The van der Waals surface area contributed by atoms with Gasteiger partial charge in [-0.05, 0) is 48.7 Å². The van der Waals surface area contributed by atoms with Crippen LogP contribution in [0.2, 0.25) is 0 Å². The van der Waals surface area contributed by atoms with Crippen LogP contribution in [0, 0.1) is 0 Å². The van der Waals surface area contributed by atoms with E-state index in [1.165, 1.54) is 7.11 Å². The third-order valence-electron chi connectivity index (χ3n) is 5.61. The molecule has 0 aliphatic carbocycles. The fourth-order valence-electron chi connectivity index (χ4n) is 3.95. The molecule has 0 aliphatic rings. The number of nitrogens with zero attached hydrogens (tertiary/aromatic N) is 5. The lowest BCUT2D eigenvalue weighted by Gasteiger charge is -2.17. The molecule has 2 N–H and O–H groups in total. The van der Waals surface area contributed by atoms with Gasteiger partial charge >= 0.3 is 5.97 Å². The number of unbranched alkanes of at least 4 members (excludes halogenated alkanes) is 1. The van der Waals surface area contributed by atoms with Crippen molar-refractivity contribution in [2.75, 3.05) is 7.11 Å². The Morgan fingerprint density at radius 1 is 1.12 bits per heavy atom. The van der Waals surface area contributed by atoms with Crippen molar-refractivity contribution in [2.24, 2.45) is 0 Å². The highest BCUT2D eigenvalue weighted by Gasteiger charge is 2.32. The Balaban J connectivity index is 1.83. The average Bonchev–Trinajstić information content (AvgIpc) is 3.50. The van der Waals surface area contributed by atoms with Gasteiger partial charge in [0.2, 0.25) is 5.82 Å². The Hall–Kier alpha value is -3.85. The highest BCUT2D eigenvalue weighted by molar-refractivity contribution is 5.90. The monoisotopic (exact) mass is 460 g/mol. The van der Waals surface area contributed by atoms with E-state index in [1.54, 1.807) is 18.4 Å². The molecule has 0 radical (unpaired) electrons. The summed E-state index contributed by atoms with van der Waals surface area (Å²) < 4.78 is 6.86. The highest BCUT2D eigenvalue weighted by Crippen LogP contribution is 2.32. The number of hydrogen-bond acceptors (Lipinski definition) is 7. The summed E-state index contributed by atoms with van der Waals surface area (Å²) in [4.78, 5) is 17.5. The molecule has 9 heteroatoms. The van der Waals surface area contributed by atoms with Gasteiger partial charge in [-0.15, -0.1) is 10.2 Å². The van der Waals surface area contributed by atoms with E-state index in [2.05, 4.69) is 32.5 Å². The molecule has 4 aromatic rings. The number of methoxy groups -OCH3 is 1. The number of rotatable bonds is 8. The molecule has 2 aromatic carbocycles. The molecule has 0 fully saturated rings. The van der Waals surface area contributed by atoms with Crippen molar-refractivity contribution in [1.29, 1.82) is 0 Å². The van der Waals surface area contributed by atoms with Crippen molar-refractivity contribution in [3.05, 3.63) is 65.7 Å². The second-order valence-corrected chi connectivity index (χ2v) is 8.54. The smallest absolute Gasteiger partial charge is 0.357 e. The molecule has 34 heavy (non-hydrogen) atoms. The average molecular weight is 461 g/mol. The van der Waals surface area contributed by atoms with Gasteiger partial charge in [-0.3, -0.25) is 4.57 Å². The zero-order valence-electron chi connectivity index (χ0n) is 19.7. The fourth-order valence-corrected chi connectivity index (χ4v) is 3.95. The molecule has 2 heterocycles. The Labute approximate surface area is 197 Å². The van der Waals surface area contributed by atoms with E-state index in [-0.39, 0.29) is 5.69 Å². The molecule has 0 atom stereocenters. The second kappa shape index (κ2) is 9.56. The van der Waals surface area contributed by atoms with E-state index in [9.17, 15) is 9.90 Å². The first-order valence-electron chi connectivity index (χ1n) is 11.2. The summed E-state index contributed by atoms with van der Waals surface area (Å²) in [5.41, 5.74) is 2.77.